The average molecular weight is 202 g/mol. The first-order valence-electron chi connectivity index (χ1n) is 4.74. The van der Waals surface area contributed by atoms with Crippen LogP contribution in [0.2, 0.25) is 0 Å². The smallest absolute Gasteiger partial charge is 0.305 e. The van der Waals surface area contributed by atoms with Gasteiger partial charge in [-0.05, 0) is 5.92 Å². The molecule has 0 aromatic rings. The van der Waals surface area contributed by atoms with Gasteiger partial charge in [0, 0.05) is 12.8 Å². The topological polar surface area (TPSA) is 63.6 Å². The predicted molar refractivity (Wildman–Crippen MR) is 51.7 cm³/mol. The Kier molecular flexibility index (Phi) is 6.12. The van der Waals surface area contributed by atoms with E-state index >= 15 is 0 Å². The number of esters is 1. The zero-order valence-corrected chi connectivity index (χ0v) is 8.95. The molecule has 0 aliphatic carbocycles. The molecule has 0 fully saturated rings. The van der Waals surface area contributed by atoms with Crippen molar-refractivity contribution >= 4 is 11.8 Å². The van der Waals surface area contributed by atoms with Crippen molar-refractivity contribution in [3.8, 4) is 0 Å². The molecule has 0 bridgehead atoms. The third-order valence-electron chi connectivity index (χ3n) is 2.04. The number of rotatable bonds is 6. The molecular weight excluding hydrogens is 184 g/mol. The molecule has 0 aliphatic heterocycles. The Morgan fingerprint density at radius 1 is 1.29 bits per heavy atom. The van der Waals surface area contributed by atoms with Gasteiger partial charge in [0.05, 0.1) is 19.6 Å². The van der Waals surface area contributed by atoms with E-state index in [2.05, 4.69) is 4.74 Å². The van der Waals surface area contributed by atoms with Crippen LogP contribution in [0.4, 0.5) is 0 Å². The van der Waals surface area contributed by atoms with Crippen molar-refractivity contribution in [3.05, 3.63) is 0 Å². The fourth-order valence-electron chi connectivity index (χ4n) is 0.915. The van der Waals surface area contributed by atoms with E-state index in [-0.39, 0.29) is 31.0 Å². The first-order chi connectivity index (χ1) is 6.47. The summed E-state index contributed by atoms with van der Waals surface area (Å²) in [6.45, 7) is 3.69. The van der Waals surface area contributed by atoms with Crippen molar-refractivity contribution in [1.82, 2.24) is 0 Å². The SMILES string of the molecule is COC(=O)CCC(=O)CC(O)C(C)C. The molecule has 4 nitrogen and oxygen atoms in total. The number of hydrogen-bond acceptors (Lipinski definition) is 4. The second-order valence-corrected chi connectivity index (χ2v) is 3.63. The first-order valence-corrected chi connectivity index (χ1v) is 4.74. The van der Waals surface area contributed by atoms with Crippen molar-refractivity contribution in [2.24, 2.45) is 5.92 Å². The number of ketones is 1. The minimum absolute atomic E-state index is 0.0667. The second kappa shape index (κ2) is 6.54. The van der Waals surface area contributed by atoms with Crippen molar-refractivity contribution in [2.45, 2.75) is 39.2 Å². The van der Waals surface area contributed by atoms with Gasteiger partial charge < -0.3 is 9.84 Å². The van der Waals surface area contributed by atoms with Crippen LogP contribution in [0, 0.1) is 5.92 Å². The molecule has 1 atom stereocenters. The summed E-state index contributed by atoms with van der Waals surface area (Å²) in [7, 11) is 1.29. The van der Waals surface area contributed by atoms with E-state index in [4.69, 9.17) is 0 Å². The fraction of sp³-hybridized carbons (Fsp3) is 0.800. The third-order valence-corrected chi connectivity index (χ3v) is 2.04. The van der Waals surface area contributed by atoms with Crippen molar-refractivity contribution < 1.29 is 19.4 Å². The zero-order valence-electron chi connectivity index (χ0n) is 8.95. The Labute approximate surface area is 84.3 Å². The number of Topliss-reactive ketones (excluding diaryl/α,β-unsaturated/α-hetero) is 1. The Balaban J connectivity index is 3.71. The van der Waals surface area contributed by atoms with Gasteiger partial charge in [-0.15, -0.1) is 0 Å². The highest BCUT2D eigenvalue weighted by Crippen LogP contribution is 2.08. The molecule has 4 heteroatoms. The lowest BCUT2D eigenvalue weighted by Crippen LogP contribution is -2.19. The van der Waals surface area contributed by atoms with Gasteiger partial charge in [-0.2, -0.15) is 0 Å². The molecule has 0 aromatic carbocycles. The lowest BCUT2D eigenvalue weighted by Gasteiger charge is -2.12. The highest BCUT2D eigenvalue weighted by molar-refractivity contribution is 5.83. The fourth-order valence-corrected chi connectivity index (χ4v) is 0.915. The Bertz CT molecular complexity index is 198. The first kappa shape index (κ1) is 13.1. The summed E-state index contributed by atoms with van der Waals surface area (Å²) in [5.41, 5.74) is 0. The molecule has 0 spiro atoms. The summed E-state index contributed by atoms with van der Waals surface area (Å²) in [4.78, 5) is 21.9. The molecule has 0 radical (unpaired) electrons. The number of aliphatic hydroxyl groups excluding tert-OH is 1. The van der Waals surface area contributed by atoms with Gasteiger partial charge in [-0.25, -0.2) is 0 Å². The van der Waals surface area contributed by atoms with Gasteiger partial charge in [-0.1, -0.05) is 13.8 Å². The van der Waals surface area contributed by atoms with Gasteiger partial charge in [0.1, 0.15) is 5.78 Å². The third kappa shape index (κ3) is 5.70. The van der Waals surface area contributed by atoms with Crippen molar-refractivity contribution in [3.63, 3.8) is 0 Å². The molecule has 0 aromatic heterocycles. The highest BCUT2D eigenvalue weighted by atomic mass is 16.5. The number of ether oxygens (including phenoxy) is 1. The summed E-state index contributed by atoms with van der Waals surface area (Å²) in [5.74, 6) is -0.425. The number of carbonyl (C=O) groups is 2. The lowest BCUT2D eigenvalue weighted by molar-refractivity contribution is -0.142. The highest BCUT2D eigenvalue weighted by Gasteiger charge is 2.15. The molecule has 82 valence electrons. The van der Waals surface area contributed by atoms with Gasteiger partial charge in [0.25, 0.3) is 0 Å². The molecule has 14 heavy (non-hydrogen) atoms. The number of methoxy groups -OCH3 is 1. The normalized spacial score (nSPS) is 12.6. The molecule has 0 saturated heterocycles. The van der Waals surface area contributed by atoms with Crippen LogP contribution in [-0.4, -0.2) is 30.1 Å². The summed E-state index contributed by atoms with van der Waals surface area (Å²) < 4.78 is 4.40. The Morgan fingerprint density at radius 3 is 2.29 bits per heavy atom. The van der Waals surface area contributed by atoms with Gasteiger partial charge in [-0.3, -0.25) is 9.59 Å². The van der Waals surface area contributed by atoms with Gasteiger partial charge >= 0.3 is 5.97 Å². The van der Waals surface area contributed by atoms with E-state index in [1.807, 2.05) is 13.8 Å². The molecule has 0 heterocycles. The van der Waals surface area contributed by atoms with E-state index in [0.717, 1.165) is 0 Å². The van der Waals surface area contributed by atoms with Crippen LogP contribution >= 0.6 is 0 Å². The second-order valence-electron chi connectivity index (χ2n) is 3.63. The maximum atomic E-state index is 11.2. The average Bonchev–Trinajstić information content (AvgIpc) is 2.13. The minimum Gasteiger partial charge on any atom is -0.469 e. The molecule has 1 N–H and O–H groups in total. The zero-order chi connectivity index (χ0) is 11.1. The summed E-state index contributed by atoms with van der Waals surface area (Å²) in [6.07, 6.45) is -0.245. The number of aliphatic hydroxyl groups is 1. The van der Waals surface area contributed by atoms with Crippen LogP contribution in [-0.2, 0) is 14.3 Å². The summed E-state index contributed by atoms with van der Waals surface area (Å²) in [5, 5.41) is 9.38. The van der Waals surface area contributed by atoms with Crippen molar-refractivity contribution in [2.75, 3.05) is 7.11 Å². The molecule has 0 aliphatic rings. The molecule has 0 rings (SSSR count). The van der Waals surface area contributed by atoms with E-state index in [1.165, 1.54) is 7.11 Å². The lowest BCUT2D eigenvalue weighted by atomic mass is 10.00. The van der Waals surface area contributed by atoms with E-state index in [9.17, 15) is 14.7 Å². The van der Waals surface area contributed by atoms with Crippen molar-refractivity contribution in [1.29, 1.82) is 0 Å². The van der Waals surface area contributed by atoms with Crippen LogP contribution in [0.15, 0.2) is 0 Å². The molecule has 0 amide bonds. The summed E-state index contributed by atoms with van der Waals surface area (Å²) >= 11 is 0. The molecular formula is C10H18O4. The van der Waals surface area contributed by atoms with Crippen LogP contribution in [0.25, 0.3) is 0 Å². The standard InChI is InChI=1S/C10H18O4/c1-7(2)9(12)6-8(11)4-5-10(13)14-3/h7,9,12H,4-6H2,1-3H3. The largest absolute Gasteiger partial charge is 0.469 e. The van der Waals surface area contributed by atoms with Crippen LogP contribution in [0.1, 0.15) is 33.1 Å². The van der Waals surface area contributed by atoms with Crippen LogP contribution < -0.4 is 0 Å². The maximum absolute atomic E-state index is 11.2. The van der Waals surface area contributed by atoms with Crippen LogP contribution in [0.5, 0.6) is 0 Å². The van der Waals surface area contributed by atoms with E-state index in [0.29, 0.717) is 0 Å². The predicted octanol–water partition coefficient (Wildman–Crippen LogP) is 0.916. The van der Waals surface area contributed by atoms with E-state index < -0.39 is 12.1 Å². The quantitative estimate of drug-likeness (QED) is 0.650. The molecule has 1 unspecified atom stereocenters. The van der Waals surface area contributed by atoms with Gasteiger partial charge in [0.15, 0.2) is 0 Å². The molecule has 0 saturated carbocycles. The van der Waals surface area contributed by atoms with Crippen LogP contribution in [0.3, 0.4) is 0 Å². The Morgan fingerprint density at radius 2 is 1.86 bits per heavy atom. The number of carbonyl (C=O) groups excluding carboxylic acids is 2. The monoisotopic (exact) mass is 202 g/mol. The minimum atomic E-state index is -0.611. The van der Waals surface area contributed by atoms with E-state index in [1.54, 1.807) is 0 Å². The maximum Gasteiger partial charge on any atom is 0.305 e. The Hall–Kier alpha value is -0.900. The number of hydrogen-bond donors (Lipinski definition) is 1. The van der Waals surface area contributed by atoms with Gasteiger partial charge in [0.2, 0.25) is 0 Å². The summed E-state index contributed by atoms with van der Waals surface area (Å²) in [6, 6.07) is 0.